The summed E-state index contributed by atoms with van der Waals surface area (Å²) in [5.74, 6) is 4.27. The second kappa shape index (κ2) is 5.10. The van der Waals surface area contributed by atoms with Crippen molar-refractivity contribution < 1.29 is 0 Å². The largest absolute Gasteiger partial charge is 0.367 e. The topological polar surface area (TPSA) is 37.8 Å². The Morgan fingerprint density at radius 1 is 1.16 bits per heavy atom. The van der Waals surface area contributed by atoms with E-state index in [0.29, 0.717) is 12.0 Å². The van der Waals surface area contributed by atoms with Gasteiger partial charge in [0.1, 0.15) is 12.1 Å². The third kappa shape index (κ3) is 2.60. The Bertz CT molecular complexity index is 443. The fourth-order valence-electron chi connectivity index (χ4n) is 4.01. The third-order valence-electron chi connectivity index (χ3n) is 5.09. The molecule has 0 saturated heterocycles. The first-order valence-electron chi connectivity index (χ1n) is 7.72. The van der Waals surface area contributed by atoms with Crippen molar-refractivity contribution in [2.45, 2.75) is 58.4 Å². The molecule has 1 heterocycles. The van der Waals surface area contributed by atoms with Crippen molar-refractivity contribution in [1.29, 1.82) is 0 Å². The number of nitrogens with zero attached hydrogens (tertiary/aromatic N) is 2. The molecule has 1 aromatic rings. The lowest BCUT2D eigenvalue weighted by atomic mass is 9.84. The van der Waals surface area contributed by atoms with E-state index in [-0.39, 0.29) is 0 Å². The molecule has 3 heteroatoms. The standard InChI is InChI=1S/C16H25N3/c1-10(2)15-8-16(18-9-17-15)19-11(3)14-7-12-4-5-13(14)6-12/h8-14H,4-7H2,1-3H3,(H,17,18,19). The van der Waals surface area contributed by atoms with Crippen LogP contribution < -0.4 is 5.32 Å². The second-order valence-corrected chi connectivity index (χ2v) is 6.75. The van der Waals surface area contributed by atoms with Crippen LogP contribution in [0.15, 0.2) is 12.4 Å². The Balaban J connectivity index is 1.66. The van der Waals surface area contributed by atoms with Crippen LogP contribution in [-0.4, -0.2) is 16.0 Å². The highest BCUT2D eigenvalue weighted by Crippen LogP contribution is 2.49. The van der Waals surface area contributed by atoms with Gasteiger partial charge in [0.25, 0.3) is 0 Å². The molecule has 3 nitrogen and oxygen atoms in total. The number of aromatic nitrogens is 2. The van der Waals surface area contributed by atoms with Gasteiger partial charge in [-0.2, -0.15) is 0 Å². The Labute approximate surface area is 116 Å². The van der Waals surface area contributed by atoms with Crippen LogP contribution in [0.1, 0.15) is 58.1 Å². The van der Waals surface area contributed by atoms with Crippen LogP contribution >= 0.6 is 0 Å². The molecule has 0 spiro atoms. The van der Waals surface area contributed by atoms with E-state index in [9.17, 15) is 0 Å². The fraction of sp³-hybridized carbons (Fsp3) is 0.750. The molecule has 0 radical (unpaired) electrons. The summed E-state index contributed by atoms with van der Waals surface area (Å²) in [5.41, 5.74) is 1.12. The van der Waals surface area contributed by atoms with Crippen molar-refractivity contribution in [2.75, 3.05) is 5.32 Å². The van der Waals surface area contributed by atoms with Crippen LogP contribution in [0.25, 0.3) is 0 Å². The lowest BCUT2D eigenvalue weighted by molar-refractivity contribution is 0.304. The first-order chi connectivity index (χ1) is 9.13. The number of anilines is 1. The van der Waals surface area contributed by atoms with E-state index >= 15 is 0 Å². The smallest absolute Gasteiger partial charge is 0.129 e. The maximum absolute atomic E-state index is 4.37. The van der Waals surface area contributed by atoms with Gasteiger partial charge in [0.05, 0.1) is 0 Å². The lowest BCUT2D eigenvalue weighted by Crippen LogP contribution is -2.30. The maximum Gasteiger partial charge on any atom is 0.129 e. The summed E-state index contributed by atoms with van der Waals surface area (Å²) in [5, 5.41) is 3.61. The molecular weight excluding hydrogens is 234 g/mol. The summed E-state index contributed by atoms with van der Waals surface area (Å²) >= 11 is 0. The first kappa shape index (κ1) is 12.9. The van der Waals surface area contributed by atoms with Crippen molar-refractivity contribution in [3.8, 4) is 0 Å². The molecule has 2 fully saturated rings. The highest BCUT2D eigenvalue weighted by atomic mass is 15.0. The zero-order valence-electron chi connectivity index (χ0n) is 12.3. The Morgan fingerprint density at radius 3 is 2.63 bits per heavy atom. The molecule has 2 saturated carbocycles. The van der Waals surface area contributed by atoms with Crippen molar-refractivity contribution in [2.24, 2.45) is 17.8 Å². The molecule has 0 aliphatic heterocycles. The molecule has 0 aromatic carbocycles. The van der Waals surface area contributed by atoms with E-state index in [1.54, 1.807) is 6.33 Å². The molecule has 4 atom stereocenters. The van der Waals surface area contributed by atoms with Crippen LogP contribution in [0, 0.1) is 17.8 Å². The predicted octanol–water partition coefficient (Wildman–Crippen LogP) is 3.84. The van der Waals surface area contributed by atoms with E-state index in [0.717, 1.165) is 29.3 Å². The molecule has 1 aromatic heterocycles. The Morgan fingerprint density at radius 2 is 2.00 bits per heavy atom. The lowest BCUT2D eigenvalue weighted by Gasteiger charge is -2.29. The van der Waals surface area contributed by atoms with Crippen molar-refractivity contribution in [3.63, 3.8) is 0 Å². The molecule has 4 unspecified atom stereocenters. The monoisotopic (exact) mass is 259 g/mol. The van der Waals surface area contributed by atoms with Crippen LogP contribution in [-0.2, 0) is 0 Å². The Kier molecular flexibility index (Phi) is 3.46. The van der Waals surface area contributed by atoms with Gasteiger partial charge in [-0.25, -0.2) is 9.97 Å². The minimum atomic E-state index is 0.460. The summed E-state index contributed by atoms with van der Waals surface area (Å²) in [6.45, 7) is 6.67. The molecule has 104 valence electrons. The van der Waals surface area contributed by atoms with Gasteiger partial charge in [-0.3, -0.25) is 0 Å². The molecule has 2 aliphatic carbocycles. The number of fused-ring (bicyclic) bond motifs is 2. The summed E-state index contributed by atoms with van der Waals surface area (Å²) in [7, 11) is 0. The molecule has 19 heavy (non-hydrogen) atoms. The molecule has 2 aliphatic rings. The highest BCUT2D eigenvalue weighted by molar-refractivity contribution is 5.37. The maximum atomic E-state index is 4.37. The van der Waals surface area contributed by atoms with Crippen LogP contribution in [0.2, 0.25) is 0 Å². The average molecular weight is 259 g/mol. The zero-order valence-corrected chi connectivity index (χ0v) is 12.3. The predicted molar refractivity (Wildman–Crippen MR) is 78.1 cm³/mol. The van der Waals surface area contributed by atoms with Crippen LogP contribution in [0.5, 0.6) is 0 Å². The normalized spacial score (nSPS) is 30.8. The SMILES string of the molecule is CC(C)c1cc(NC(C)C2CC3CCC2C3)ncn1. The van der Waals surface area contributed by atoms with E-state index < -0.39 is 0 Å². The average Bonchev–Trinajstić information content (AvgIpc) is 3.01. The van der Waals surface area contributed by atoms with E-state index in [4.69, 9.17) is 0 Å². The summed E-state index contributed by atoms with van der Waals surface area (Å²) < 4.78 is 0. The molecule has 0 amide bonds. The number of hydrogen-bond donors (Lipinski definition) is 1. The number of rotatable bonds is 4. The van der Waals surface area contributed by atoms with Gasteiger partial charge in [-0.15, -0.1) is 0 Å². The van der Waals surface area contributed by atoms with E-state index in [1.165, 1.54) is 25.7 Å². The van der Waals surface area contributed by atoms with E-state index in [1.807, 2.05) is 0 Å². The van der Waals surface area contributed by atoms with E-state index in [2.05, 4.69) is 42.1 Å². The van der Waals surface area contributed by atoms with Gasteiger partial charge in [0, 0.05) is 17.8 Å². The van der Waals surface area contributed by atoms with Crippen LogP contribution in [0.3, 0.4) is 0 Å². The van der Waals surface area contributed by atoms with Gasteiger partial charge in [-0.1, -0.05) is 20.3 Å². The first-order valence-corrected chi connectivity index (χ1v) is 7.72. The van der Waals surface area contributed by atoms with Crippen molar-refractivity contribution >= 4 is 5.82 Å². The van der Waals surface area contributed by atoms with Gasteiger partial charge < -0.3 is 5.32 Å². The van der Waals surface area contributed by atoms with Gasteiger partial charge in [0.15, 0.2) is 0 Å². The molecule has 1 N–H and O–H groups in total. The molecule has 2 bridgehead atoms. The third-order valence-corrected chi connectivity index (χ3v) is 5.09. The number of hydrogen-bond acceptors (Lipinski definition) is 3. The summed E-state index contributed by atoms with van der Waals surface area (Å²) in [6, 6.07) is 2.64. The molecule has 3 rings (SSSR count). The van der Waals surface area contributed by atoms with Crippen molar-refractivity contribution in [1.82, 2.24) is 9.97 Å². The Hall–Kier alpha value is -1.12. The van der Waals surface area contributed by atoms with Crippen LogP contribution in [0.4, 0.5) is 5.82 Å². The fourth-order valence-corrected chi connectivity index (χ4v) is 4.01. The second-order valence-electron chi connectivity index (χ2n) is 6.75. The number of nitrogens with one attached hydrogen (secondary N) is 1. The zero-order chi connectivity index (χ0) is 13.4. The molecular formula is C16H25N3. The van der Waals surface area contributed by atoms with Crippen molar-refractivity contribution in [3.05, 3.63) is 18.1 Å². The highest BCUT2D eigenvalue weighted by Gasteiger charge is 2.41. The quantitative estimate of drug-likeness (QED) is 0.892. The van der Waals surface area contributed by atoms with Gasteiger partial charge in [-0.05, 0) is 49.9 Å². The minimum absolute atomic E-state index is 0.460. The minimum Gasteiger partial charge on any atom is -0.367 e. The summed E-state index contributed by atoms with van der Waals surface area (Å²) in [4.78, 5) is 8.70. The van der Waals surface area contributed by atoms with Gasteiger partial charge in [0.2, 0.25) is 0 Å². The van der Waals surface area contributed by atoms with Gasteiger partial charge >= 0.3 is 0 Å². The summed E-state index contributed by atoms with van der Waals surface area (Å²) in [6.07, 6.45) is 7.49.